The van der Waals surface area contributed by atoms with Gasteiger partial charge in [0, 0.05) is 18.8 Å². The van der Waals surface area contributed by atoms with Gasteiger partial charge in [0.25, 0.3) is 0 Å². The van der Waals surface area contributed by atoms with Gasteiger partial charge in [-0.3, -0.25) is 4.99 Å². The third kappa shape index (κ3) is 7.52. The Morgan fingerprint density at radius 3 is 2.74 bits per heavy atom. The van der Waals surface area contributed by atoms with E-state index >= 15 is 0 Å². The maximum Gasteiger partial charge on any atom is 0.193 e. The number of nitrogens with two attached hydrogens (primary N) is 1. The van der Waals surface area contributed by atoms with Gasteiger partial charge < -0.3 is 16.0 Å². The third-order valence-corrected chi connectivity index (χ3v) is 4.29. The van der Waals surface area contributed by atoms with Crippen LogP contribution in [-0.4, -0.2) is 37.0 Å². The van der Waals surface area contributed by atoms with Gasteiger partial charge in [0.1, 0.15) is 0 Å². The fraction of sp³-hybridized carbons (Fsp3) is 0.611. The van der Waals surface area contributed by atoms with Crippen molar-refractivity contribution in [2.24, 2.45) is 16.6 Å². The number of piperidine rings is 1. The van der Waals surface area contributed by atoms with Crippen molar-refractivity contribution in [1.82, 2.24) is 4.90 Å². The zero-order valence-corrected chi connectivity index (χ0v) is 16.8. The molecule has 2 rings (SSSR count). The Morgan fingerprint density at radius 1 is 1.35 bits per heavy atom. The zero-order valence-electron chi connectivity index (χ0n) is 14.4. The predicted molar refractivity (Wildman–Crippen MR) is 111 cm³/mol. The van der Waals surface area contributed by atoms with Crippen LogP contribution in [0.3, 0.4) is 0 Å². The number of halogens is 1. The normalized spacial score (nSPS) is 19.2. The van der Waals surface area contributed by atoms with Crippen LogP contribution in [-0.2, 0) is 6.42 Å². The van der Waals surface area contributed by atoms with Crippen LogP contribution in [0.15, 0.2) is 29.3 Å². The van der Waals surface area contributed by atoms with Crippen molar-refractivity contribution in [2.45, 2.75) is 39.5 Å². The van der Waals surface area contributed by atoms with Crippen LogP contribution < -0.4 is 11.1 Å². The average Bonchev–Trinajstić information content (AvgIpc) is 2.52. The Balaban J connectivity index is 0.00000264. The number of rotatable bonds is 6. The van der Waals surface area contributed by atoms with Crippen molar-refractivity contribution < 1.29 is 0 Å². The summed E-state index contributed by atoms with van der Waals surface area (Å²) in [4.78, 5) is 6.97. The van der Waals surface area contributed by atoms with E-state index in [4.69, 9.17) is 5.73 Å². The number of aliphatic imine (C=N–C) groups is 1. The predicted octanol–water partition coefficient (Wildman–Crippen LogP) is 3.72. The van der Waals surface area contributed by atoms with Crippen LogP contribution in [0.1, 0.15) is 38.7 Å². The van der Waals surface area contributed by atoms with Gasteiger partial charge in [-0.2, -0.15) is 0 Å². The minimum Gasteiger partial charge on any atom is -0.370 e. The number of benzene rings is 1. The van der Waals surface area contributed by atoms with Gasteiger partial charge in [-0.05, 0) is 62.4 Å². The van der Waals surface area contributed by atoms with Gasteiger partial charge in [-0.1, -0.05) is 26.0 Å². The molecule has 1 aliphatic rings. The number of nitrogens with one attached hydrogen (secondary N) is 1. The molecule has 0 radical (unpaired) electrons. The SMILES string of the molecule is CCc1ccc(NC(N)=NCCCN2CCCC(C)C2)cc1.I. The highest BCUT2D eigenvalue weighted by molar-refractivity contribution is 14.0. The lowest BCUT2D eigenvalue weighted by Crippen LogP contribution is -2.35. The number of aryl methyl sites for hydroxylation is 1. The number of likely N-dealkylation sites (tertiary alicyclic amines) is 1. The number of nitrogens with zero attached hydrogens (tertiary/aromatic N) is 2. The van der Waals surface area contributed by atoms with E-state index in [2.05, 4.69) is 53.3 Å². The van der Waals surface area contributed by atoms with Crippen molar-refractivity contribution in [3.05, 3.63) is 29.8 Å². The molecule has 3 N–H and O–H groups in total. The fourth-order valence-electron chi connectivity index (χ4n) is 2.99. The van der Waals surface area contributed by atoms with E-state index in [1.54, 1.807) is 0 Å². The first-order valence-electron chi connectivity index (χ1n) is 8.55. The summed E-state index contributed by atoms with van der Waals surface area (Å²) >= 11 is 0. The molecule has 130 valence electrons. The number of anilines is 1. The fourth-order valence-corrected chi connectivity index (χ4v) is 2.99. The van der Waals surface area contributed by atoms with Crippen LogP contribution >= 0.6 is 24.0 Å². The maximum atomic E-state index is 5.94. The average molecular weight is 430 g/mol. The van der Waals surface area contributed by atoms with Crippen molar-refractivity contribution in [3.8, 4) is 0 Å². The van der Waals surface area contributed by atoms with Crippen LogP contribution in [0.25, 0.3) is 0 Å². The molecular formula is C18H31IN4. The molecule has 0 bridgehead atoms. The molecule has 1 unspecified atom stereocenters. The minimum atomic E-state index is 0. The van der Waals surface area contributed by atoms with E-state index in [9.17, 15) is 0 Å². The molecule has 0 aliphatic carbocycles. The molecule has 1 atom stereocenters. The zero-order chi connectivity index (χ0) is 15.8. The molecular weight excluding hydrogens is 399 g/mol. The van der Waals surface area contributed by atoms with Crippen molar-refractivity contribution in [2.75, 3.05) is 31.5 Å². The lowest BCUT2D eigenvalue weighted by atomic mass is 10.0. The largest absolute Gasteiger partial charge is 0.370 e. The van der Waals surface area contributed by atoms with E-state index in [1.165, 1.54) is 31.5 Å². The monoisotopic (exact) mass is 430 g/mol. The first-order chi connectivity index (χ1) is 10.7. The van der Waals surface area contributed by atoms with E-state index in [0.717, 1.165) is 37.5 Å². The highest BCUT2D eigenvalue weighted by atomic mass is 127. The summed E-state index contributed by atoms with van der Waals surface area (Å²) in [6.45, 7) is 8.90. The van der Waals surface area contributed by atoms with Gasteiger partial charge in [0.2, 0.25) is 0 Å². The molecule has 1 saturated heterocycles. The maximum absolute atomic E-state index is 5.94. The summed E-state index contributed by atoms with van der Waals surface area (Å²) < 4.78 is 0. The molecule has 1 heterocycles. The molecule has 5 heteroatoms. The molecule has 0 amide bonds. The number of hydrogen-bond donors (Lipinski definition) is 2. The number of hydrogen-bond acceptors (Lipinski definition) is 2. The second kappa shape index (κ2) is 10.9. The number of guanidine groups is 1. The smallest absolute Gasteiger partial charge is 0.193 e. The molecule has 1 aromatic carbocycles. The van der Waals surface area contributed by atoms with E-state index < -0.39 is 0 Å². The van der Waals surface area contributed by atoms with Crippen LogP contribution in [0.4, 0.5) is 5.69 Å². The molecule has 1 aromatic rings. The van der Waals surface area contributed by atoms with E-state index in [1.807, 2.05) is 0 Å². The highest BCUT2D eigenvalue weighted by Crippen LogP contribution is 2.15. The summed E-state index contributed by atoms with van der Waals surface area (Å²) in [5.41, 5.74) is 8.28. The molecule has 1 fully saturated rings. The van der Waals surface area contributed by atoms with Gasteiger partial charge in [-0.15, -0.1) is 24.0 Å². The highest BCUT2D eigenvalue weighted by Gasteiger charge is 2.15. The molecule has 0 aromatic heterocycles. The second-order valence-corrected chi connectivity index (χ2v) is 6.34. The van der Waals surface area contributed by atoms with Gasteiger partial charge >= 0.3 is 0 Å². The Kier molecular flexibility index (Phi) is 9.55. The molecule has 4 nitrogen and oxygen atoms in total. The Hall–Kier alpha value is -0.820. The van der Waals surface area contributed by atoms with Crippen molar-refractivity contribution >= 4 is 35.6 Å². The first kappa shape index (κ1) is 20.2. The van der Waals surface area contributed by atoms with Gasteiger partial charge in [-0.25, -0.2) is 0 Å². The Labute approximate surface area is 157 Å². The lowest BCUT2D eigenvalue weighted by Gasteiger charge is -2.30. The Bertz CT molecular complexity index is 472. The lowest BCUT2D eigenvalue weighted by molar-refractivity contribution is 0.183. The van der Waals surface area contributed by atoms with Crippen LogP contribution in [0.5, 0.6) is 0 Å². The molecule has 0 spiro atoms. The third-order valence-electron chi connectivity index (χ3n) is 4.29. The summed E-state index contributed by atoms with van der Waals surface area (Å²) in [5.74, 6) is 1.35. The molecule has 23 heavy (non-hydrogen) atoms. The summed E-state index contributed by atoms with van der Waals surface area (Å²) in [6, 6.07) is 8.34. The van der Waals surface area contributed by atoms with E-state index in [-0.39, 0.29) is 24.0 Å². The van der Waals surface area contributed by atoms with Crippen molar-refractivity contribution in [1.29, 1.82) is 0 Å². The second-order valence-electron chi connectivity index (χ2n) is 6.34. The topological polar surface area (TPSA) is 53.6 Å². The summed E-state index contributed by atoms with van der Waals surface area (Å²) in [6.07, 6.45) is 4.84. The standard InChI is InChI=1S/C18H30N4.HI/c1-3-16-7-9-17(10-8-16)21-18(19)20-11-5-13-22-12-4-6-15(2)14-22;/h7-10,15H,3-6,11-14H2,1-2H3,(H3,19,20,21);1H. The van der Waals surface area contributed by atoms with Crippen LogP contribution in [0, 0.1) is 5.92 Å². The molecule has 0 saturated carbocycles. The minimum absolute atomic E-state index is 0. The quantitative estimate of drug-likeness (QED) is 0.313. The first-order valence-corrected chi connectivity index (χ1v) is 8.55. The van der Waals surface area contributed by atoms with E-state index in [0.29, 0.717) is 5.96 Å². The summed E-state index contributed by atoms with van der Waals surface area (Å²) in [5, 5.41) is 3.15. The van der Waals surface area contributed by atoms with Gasteiger partial charge in [0.05, 0.1) is 0 Å². The Morgan fingerprint density at radius 2 is 2.09 bits per heavy atom. The summed E-state index contributed by atoms with van der Waals surface area (Å²) in [7, 11) is 0. The van der Waals surface area contributed by atoms with Crippen LogP contribution in [0.2, 0.25) is 0 Å². The van der Waals surface area contributed by atoms with Gasteiger partial charge in [0.15, 0.2) is 5.96 Å². The molecule has 1 aliphatic heterocycles. The van der Waals surface area contributed by atoms with Crippen molar-refractivity contribution in [3.63, 3.8) is 0 Å².